The Balaban J connectivity index is 1.86. The molecule has 0 spiro atoms. The summed E-state index contributed by atoms with van der Waals surface area (Å²) in [6, 6.07) is 13.5. The topological polar surface area (TPSA) is 47.6 Å². The Hall–Kier alpha value is -2.72. The molecule has 27 heavy (non-hydrogen) atoms. The fraction of sp³-hybridized carbons (Fsp3) is 0.227. The Morgan fingerprint density at radius 2 is 1.89 bits per heavy atom. The second kappa shape index (κ2) is 8.78. The number of halogens is 1. The van der Waals surface area contributed by atoms with Gasteiger partial charge in [0.2, 0.25) is 12.7 Å². The SMILES string of the molecule is CC(C)NC(=O)C/C=C(/C=C/c1ccc(Cl)cc1)c1ccc2c(c1)OCO2. The number of amides is 1. The van der Waals surface area contributed by atoms with Gasteiger partial charge in [-0.3, -0.25) is 4.79 Å². The molecule has 3 rings (SSSR count). The first-order chi connectivity index (χ1) is 13.0. The number of carbonyl (C=O) groups excluding carboxylic acids is 1. The molecule has 1 amide bonds. The van der Waals surface area contributed by atoms with Crippen molar-refractivity contribution in [2.75, 3.05) is 6.79 Å². The summed E-state index contributed by atoms with van der Waals surface area (Å²) in [6.45, 7) is 4.12. The molecule has 0 bridgehead atoms. The van der Waals surface area contributed by atoms with E-state index in [2.05, 4.69) is 5.32 Å². The minimum atomic E-state index is -0.0110. The normalized spacial score (nSPS) is 13.4. The van der Waals surface area contributed by atoms with Crippen LogP contribution in [-0.4, -0.2) is 18.7 Å². The van der Waals surface area contributed by atoms with Crippen molar-refractivity contribution in [2.45, 2.75) is 26.3 Å². The first kappa shape index (κ1) is 19.1. The third kappa shape index (κ3) is 5.38. The van der Waals surface area contributed by atoms with E-state index in [0.717, 1.165) is 22.4 Å². The van der Waals surface area contributed by atoms with Crippen molar-refractivity contribution < 1.29 is 14.3 Å². The van der Waals surface area contributed by atoms with Gasteiger partial charge in [0.05, 0.1) is 0 Å². The quantitative estimate of drug-likeness (QED) is 0.707. The van der Waals surface area contributed by atoms with Crippen LogP contribution in [0.4, 0.5) is 0 Å². The summed E-state index contributed by atoms with van der Waals surface area (Å²) in [6.07, 6.45) is 6.20. The monoisotopic (exact) mass is 383 g/mol. The highest BCUT2D eigenvalue weighted by Gasteiger charge is 2.14. The van der Waals surface area contributed by atoms with E-state index in [-0.39, 0.29) is 18.7 Å². The third-order valence-electron chi connectivity index (χ3n) is 3.99. The second-order valence-corrected chi connectivity index (χ2v) is 6.98. The number of benzene rings is 2. The molecule has 0 saturated carbocycles. The maximum absolute atomic E-state index is 12.0. The molecule has 0 saturated heterocycles. The van der Waals surface area contributed by atoms with Crippen LogP contribution in [0.5, 0.6) is 11.5 Å². The van der Waals surface area contributed by atoms with Crippen LogP contribution in [0.15, 0.2) is 54.6 Å². The van der Waals surface area contributed by atoms with Crippen molar-refractivity contribution in [1.82, 2.24) is 5.32 Å². The summed E-state index contributed by atoms with van der Waals surface area (Å²) in [4.78, 5) is 12.0. The molecule has 2 aromatic carbocycles. The van der Waals surface area contributed by atoms with Crippen molar-refractivity contribution in [3.8, 4) is 11.5 Å². The number of hydrogen-bond donors (Lipinski definition) is 1. The van der Waals surface area contributed by atoms with Gasteiger partial charge < -0.3 is 14.8 Å². The highest BCUT2D eigenvalue weighted by Crippen LogP contribution is 2.35. The number of nitrogens with one attached hydrogen (secondary N) is 1. The molecule has 0 atom stereocenters. The van der Waals surface area contributed by atoms with Gasteiger partial charge in [-0.1, -0.05) is 48.0 Å². The highest BCUT2D eigenvalue weighted by atomic mass is 35.5. The molecule has 0 unspecified atom stereocenters. The van der Waals surface area contributed by atoms with Crippen LogP contribution < -0.4 is 14.8 Å². The smallest absolute Gasteiger partial charge is 0.231 e. The predicted molar refractivity (Wildman–Crippen MR) is 109 cm³/mol. The van der Waals surface area contributed by atoms with E-state index in [9.17, 15) is 4.79 Å². The molecular weight excluding hydrogens is 362 g/mol. The number of rotatable bonds is 6. The molecule has 0 aromatic heterocycles. The van der Waals surface area contributed by atoms with Crippen molar-refractivity contribution in [2.24, 2.45) is 0 Å². The van der Waals surface area contributed by atoms with Gasteiger partial charge in [-0.15, -0.1) is 0 Å². The van der Waals surface area contributed by atoms with Gasteiger partial charge >= 0.3 is 0 Å². The maximum Gasteiger partial charge on any atom is 0.231 e. The van der Waals surface area contributed by atoms with Crippen LogP contribution in [0.1, 0.15) is 31.4 Å². The molecule has 4 nitrogen and oxygen atoms in total. The molecular formula is C22H22ClNO3. The van der Waals surface area contributed by atoms with Crippen LogP contribution in [0.2, 0.25) is 5.02 Å². The van der Waals surface area contributed by atoms with E-state index >= 15 is 0 Å². The van der Waals surface area contributed by atoms with E-state index in [1.165, 1.54) is 0 Å². The maximum atomic E-state index is 12.0. The third-order valence-corrected chi connectivity index (χ3v) is 4.24. The van der Waals surface area contributed by atoms with Crippen molar-refractivity contribution in [1.29, 1.82) is 0 Å². The second-order valence-electron chi connectivity index (χ2n) is 6.54. The molecule has 140 valence electrons. The molecule has 1 N–H and O–H groups in total. The lowest BCUT2D eigenvalue weighted by molar-refractivity contribution is -0.120. The summed E-state index contributed by atoms with van der Waals surface area (Å²) >= 11 is 5.94. The average molecular weight is 384 g/mol. The largest absolute Gasteiger partial charge is 0.454 e. The van der Waals surface area contributed by atoms with Gasteiger partial charge in [0.1, 0.15) is 0 Å². The van der Waals surface area contributed by atoms with E-state index in [1.54, 1.807) is 0 Å². The van der Waals surface area contributed by atoms with Crippen LogP contribution in [0.25, 0.3) is 11.6 Å². The molecule has 1 aliphatic rings. The standard InChI is InChI=1S/C22H22ClNO3/c1-15(2)24-22(25)12-8-17(6-3-16-4-9-19(23)10-5-16)18-7-11-20-21(13-18)27-14-26-20/h3-11,13,15H,12,14H2,1-2H3,(H,24,25)/b6-3+,17-8-. The fourth-order valence-corrected chi connectivity index (χ4v) is 2.83. The van der Waals surface area contributed by atoms with E-state index in [0.29, 0.717) is 17.2 Å². The Morgan fingerprint density at radius 3 is 2.63 bits per heavy atom. The lowest BCUT2D eigenvalue weighted by atomic mass is 10.0. The number of ether oxygens (including phenoxy) is 2. The molecule has 0 fully saturated rings. The molecule has 1 heterocycles. The summed E-state index contributed by atoms with van der Waals surface area (Å²) in [5, 5.41) is 3.60. The van der Waals surface area contributed by atoms with Gasteiger partial charge in [0.15, 0.2) is 11.5 Å². The van der Waals surface area contributed by atoms with Crippen molar-refractivity contribution in [3.05, 3.63) is 70.8 Å². The predicted octanol–water partition coefficient (Wildman–Crippen LogP) is 5.08. The molecule has 5 heteroatoms. The van der Waals surface area contributed by atoms with Crippen LogP contribution in [-0.2, 0) is 4.79 Å². The number of carbonyl (C=O) groups is 1. The van der Waals surface area contributed by atoms with Crippen LogP contribution >= 0.6 is 11.6 Å². The molecule has 0 radical (unpaired) electrons. The summed E-state index contributed by atoms with van der Waals surface area (Å²) < 4.78 is 10.9. The summed E-state index contributed by atoms with van der Waals surface area (Å²) in [7, 11) is 0. The first-order valence-corrected chi connectivity index (χ1v) is 9.22. The number of hydrogen-bond acceptors (Lipinski definition) is 3. The van der Waals surface area contributed by atoms with Gasteiger partial charge in [-0.05, 0) is 54.8 Å². The van der Waals surface area contributed by atoms with Crippen molar-refractivity contribution >= 4 is 29.2 Å². The Morgan fingerprint density at radius 1 is 1.15 bits per heavy atom. The van der Waals surface area contributed by atoms with Gasteiger partial charge in [0.25, 0.3) is 0 Å². The molecule has 2 aromatic rings. The van der Waals surface area contributed by atoms with Gasteiger partial charge in [-0.25, -0.2) is 0 Å². The fourth-order valence-electron chi connectivity index (χ4n) is 2.70. The Labute approximate surface area is 164 Å². The number of fused-ring (bicyclic) bond motifs is 1. The first-order valence-electron chi connectivity index (χ1n) is 8.84. The van der Waals surface area contributed by atoms with Gasteiger partial charge in [0, 0.05) is 17.5 Å². The zero-order valence-corrected chi connectivity index (χ0v) is 16.1. The Kier molecular flexibility index (Phi) is 6.20. The number of allylic oxidation sites excluding steroid dienone is 2. The van der Waals surface area contributed by atoms with E-state index in [1.807, 2.05) is 74.5 Å². The highest BCUT2D eigenvalue weighted by molar-refractivity contribution is 6.30. The average Bonchev–Trinajstić information content (AvgIpc) is 3.10. The zero-order chi connectivity index (χ0) is 19.2. The Bertz CT molecular complexity index is 870. The van der Waals surface area contributed by atoms with Gasteiger partial charge in [-0.2, -0.15) is 0 Å². The summed E-state index contributed by atoms with van der Waals surface area (Å²) in [5.74, 6) is 1.44. The minimum absolute atomic E-state index is 0.0110. The molecule has 1 aliphatic heterocycles. The summed E-state index contributed by atoms with van der Waals surface area (Å²) in [5.41, 5.74) is 2.92. The van der Waals surface area contributed by atoms with Crippen LogP contribution in [0.3, 0.4) is 0 Å². The van der Waals surface area contributed by atoms with E-state index in [4.69, 9.17) is 21.1 Å². The van der Waals surface area contributed by atoms with E-state index < -0.39 is 0 Å². The lowest BCUT2D eigenvalue weighted by Gasteiger charge is -2.08. The van der Waals surface area contributed by atoms with Crippen LogP contribution in [0, 0.1) is 0 Å². The minimum Gasteiger partial charge on any atom is -0.454 e. The molecule has 0 aliphatic carbocycles. The lowest BCUT2D eigenvalue weighted by Crippen LogP contribution is -2.29. The zero-order valence-electron chi connectivity index (χ0n) is 15.4. The van der Waals surface area contributed by atoms with Crippen molar-refractivity contribution in [3.63, 3.8) is 0 Å².